The van der Waals surface area contributed by atoms with E-state index in [9.17, 15) is 5.11 Å². The van der Waals surface area contributed by atoms with E-state index in [-0.39, 0.29) is 0 Å². The van der Waals surface area contributed by atoms with Crippen LogP contribution in [0.3, 0.4) is 0 Å². The van der Waals surface area contributed by atoms with E-state index < -0.39 is 6.10 Å². The van der Waals surface area contributed by atoms with Crippen molar-refractivity contribution in [3.05, 3.63) is 47.2 Å². The fourth-order valence-corrected chi connectivity index (χ4v) is 1.84. The third kappa shape index (κ3) is 2.71. The third-order valence-corrected chi connectivity index (χ3v) is 2.73. The van der Waals surface area contributed by atoms with Crippen LogP contribution in [0.25, 0.3) is 0 Å². The molecule has 0 aromatic carbocycles. The van der Waals surface area contributed by atoms with Gasteiger partial charge in [0.05, 0.1) is 30.0 Å². The summed E-state index contributed by atoms with van der Waals surface area (Å²) in [6, 6.07) is 3.76. The Morgan fingerprint density at radius 3 is 2.88 bits per heavy atom. The van der Waals surface area contributed by atoms with Gasteiger partial charge in [-0.15, -0.1) is 0 Å². The second-order valence-electron chi connectivity index (χ2n) is 4.09. The largest absolute Gasteiger partial charge is 0.472 e. The van der Waals surface area contributed by atoms with Crippen molar-refractivity contribution in [1.29, 1.82) is 0 Å². The van der Waals surface area contributed by atoms with Crippen LogP contribution in [0.2, 0.25) is 0 Å². The average Bonchev–Trinajstić information content (AvgIpc) is 2.81. The Kier molecular flexibility index (Phi) is 3.54. The van der Waals surface area contributed by atoms with Crippen molar-refractivity contribution >= 4 is 0 Å². The maximum atomic E-state index is 10.2. The molecule has 2 aromatic heterocycles. The molecular formula is C13H16N2O2. The zero-order valence-electron chi connectivity index (χ0n) is 10.1. The van der Waals surface area contributed by atoms with Gasteiger partial charge < -0.3 is 9.52 Å². The van der Waals surface area contributed by atoms with Crippen LogP contribution in [0, 0.1) is 6.92 Å². The van der Waals surface area contributed by atoms with Gasteiger partial charge in [-0.25, -0.2) is 0 Å². The molecule has 0 bridgehead atoms. The predicted molar refractivity (Wildman–Crippen MR) is 63.5 cm³/mol. The molecule has 0 aliphatic rings. The van der Waals surface area contributed by atoms with Gasteiger partial charge in [0, 0.05) is 12.0 Å². The maximum Gasteiger partial charge on any atom is 0.0935 e. The highest BCUT2D eigenvalue weighted by Crippen LogP contribution is 2.21. The van der Waals surface area contributed by atoms with Crippen molar-refractivity contribution in [1.82, 2.24) is 10.2 Å². The van der Waals surface area contributed by atoms with Crippen molar-refractivity contribution in [3.63, 3.8) is 0 Å². The van der Waals surface area contributed by atoms with E-state index in [1.54, 1.807) is 12.5 Å². The first-order valence-electron chi connectivity index (χ1n) is 5.73. The number of aliphatic hydroxyl groups is 1. The van der Waals surface area contributed by atoms with E-state index in [1.807, 2.05) is 26.0 Å². The molecule has 2 rings (SSSR count). The van der Waals surface area contributed by atoms with Gasteiger partial charge in [0.25, 0.3) is 0 Å². The summed E-state index contributed by atoms with van der Waals surface area (Å²) in [6.07, 6.45) is 4.01. The molecule has 4 heteroatoms. The fourth-order valence-electron chi connectivity index (χ4n) is 1.84. The number of nitrogens with zero attached hydrogens (tertiary/aromatic N) is 2. The smallest absolute Gasteiger partial charge is 0.0935 e. The average molecular weight is 232 g/mol. The molecule has 0 fully saturated rings. The normalized spacial score (nSPS) is 12.6. The molecule has 17 heavy (non-hydrogen) atoms. The van der Waals surface area contributed by atoms with Crippen molar-refractivity contribution in [3.8, 4) is 0 Å². The van der Waals surface area contributed by atoms with Crippen LogP contribution < -0.4 is 0 Å². The van der Waals surface area contributed by atoms with E-state index >= 15 is 0 Å². The van der Waals surface area contributed by atoms with Gasteiger partial charge in [0.15, 0.2) is 0 Å². The Bertz CT molecular complexity index is 480. The molecule has 2 heterocycles. The summed E-state index contributed by atoms with van der Waals surface area (Å²) in [5.74, 6) is 0. The van der Waals surface area contributed by atoms with Gasteiger partial charge in [-0.05, 0) is 31.0 Å². The molecule has 90 valence electrons. The summed E-state index contributed by atoms with van der Waals surface area (Å²) in [4.78, 5) is 0. The van der Waals surface area contributed by atoms with Gasteiger partial charge in [0.1, 0.15) is 0 Å². The molecular weight excluding hydrogens is 216 g/mol. The van der Waals surface area contributed by atoms with Gasteiger partial charge >= 0.3 is 0 Å². The molecule has 0 saturated carbocycles. The fraction of sp³-hybridized carbons (Fsp3) is 0.385. The van der Waals surface area contributed by atoms with Crippen LogP contribution in [0.15, 0.2) is 29.1 Å². The zero-order valence-corrected chi connectivity index (χ0v) is 10.1. The van der Waals surface area contributed by atoms with E-state index in [0.717, 1.165) is 28.9 Å². The Morgan fingerprint density at radius 2 is 2.24 bits per heavy atom. The Morgan fingerprint density at radius 1 is 1.41 bits per heavy atom. The van der Waals surface area contributed by atoms with Crippen LogP contribution in [0.1, 0.15) is 35.5 Å². The Hall–Kier alpha value is -1.68. The summed E-state index contributed by atoms with van der Waals surface area (Å²) >= 11 is 0. The highest BCUT2D eigenvalue weighted by Gasteiger charge is 2.14. The number of aromatic nitrogens is 2. The molecule has 1 unspecified atom stereocenters. The van der Waals surface area contributed by atoms with Crippen molar-refractivity contribution < 1.29 is 9.52 Å². The molecule has 0 amide bonds. The van der Waals surface area contributed by atoms with E-state index in [4.69, 9.17) is 4.42 Å². The van der Waals surface area contributed by atoms with Crippen molar-refractivity contribution in [2.24, 2.45) is 0 Å². The van der Waals surface area contributed by atoms with Gasteiger partial charge in [-0.1, -0.05) is 6.92 Å². The van der Waals surface area contributed by atoms with Gasteiger partial charge in [-0.2, -0.15) is 10.2 Å². The summed E-state index contributed by atoms with van der Waals surface area (Å²) in [7, 11) is 0. The first-order valence-corrected chi connectivity index (χ1v) is 5.73. The lowest BCUT2D eigenvalue weighted by molar-refractivity contribution is 0.176. The van der Waals surface area contributed by atoms with Gasteiger partial charge in [-0.3, -0.25) is 0 Å². The van der Waals surface area contributed by atoms with Crippen LogP contribution in [-0.4, -0.2) is 15.3 Å². The molecule has 1 N–H and O–H groups in total. The predicted octanol–water partition coefficient (Wildman–Crippen LogP) is 2.22. The second kappa shape index (κ2) is 5.10. The summed E-state index contributed by atoms with van der Waals surface area (Å²) < 4.78 is 4.99. The van der Waals surface area contributed by atoms with Crippen LogP contribution in [-0.2, 0) is 12.8 Å². The van der Waals surface area contributed by atoms with Crippen molar-refractivity contribution in [2.75, 3.05) is 0 Å². The molecule has 0 aliphatic carbocycles. The zero-order chi connectivity index (χ0) is 12.3. The summed E-state index contributed by atoms with van der Waals surface area (Å²) in [5.41, 5.74) is 3.52. The number of aryl methyl sites for hydroxylation is 2. The lowest BCUT2D eigenvalue weighted by Crippen LogP contribution is -2.08. The number of aliphatic hydroxyl groups excluding tert-OH is 1. The first kappa shape index (κ1) is 11.8. The molecule has 2 aromatic rings. The minimum atomic E-state index is -0.559. The number of hydrogen-bond acceptors (Lipinski definition) is 4. The lowest BCUT2D eigenvalue weighted by Gasteiger charge is -2.13. The third-order valence-electron chi connectivity index (χ3n) is 2.73. The monoisotopic (exact) mass is 232 g/mol. The first-order chi connectivity index (χ1) is 8.20. The lowest BCUT2D eigenvalue weighted by atomic mass is 10.0. The molecule has 0 radical (unpaired) electrons. The Balaban J connectivity index is 2.23. The topological polar surface area (TPSA) is 59.2 Å². The van der Waals surface area contributed by atoms with E-state index in [0.29, 0.717) is 6.42 Å². The number of furan rings is 1. The van der Waals surface area contributed by atoms with Crippen molar-refractivity contribution in [2.45, 2.75) is 32.8 Å². The van der Waals surface area contributed by atoms with Crippen LogP contribution in [0.5, 0.6) is 0 Å². The standard InChI is InChI=1S/C13H16N2O2/c1-3-12-11(6-9(2)14-15-12)13(16)7-10-4-5-17-8-10/h4-6,8,13,16H,3,7H2,1-2H3. The summed E-state index contributed by atoms with van der Waals surface area (Å²) in [5, 5.41) is 18.3. The quantitative estimate of drug-likeness (QED) is 0.878. The maximum absolute atomic E-state index is 10.2. The SMILES string of the molecule is CCc1nnc(C)cc1C(O)Cc1ccoc1. The second-order valence-corrected chi connectivity index (χ2v) is 4.09. The van der Waals surface area contributed by atoms with Crippen LogP contribution >= 0.6 is 0 Å². The van der Waals surface area contributed by atoms with E-state index in [2.05, 4.69) is 10.2 Å². The van der Waals surface area contributed by atoms with Gasteiger partial charge in [0.2, 0.25) is 0 Å². The Labute approximate surface area is 100 Å². The minimum absolute atomic E-state index is 0.536. The minimum Gasteiger partial charge on any atom is -0.472 e. The molecule has 4 nitrogen and oxygen atoms in total. The van der Waals surface area contributed by atoms with E-state index in [1.165, 1.54) is 0 Å². The molecule has 0 spiro atoms. The highest BCUT2D eigenvalue weighted by molar-refractivity contribution is 5.25. The summed E-state index contributed by atoms with van der Waals surface area (Å²) in [6.45, 7) is 3.88. The molecule has 1 atom stereocenters. The molecule has 0 saturated heterocycles. The highest BCUT2D eigenvalue weighted by atomic mass is 16.3. The number of hydrogen-bond donors (Lipinski definition) is 1. The number of rotatable bonds is 4. The van der Waals surface area contributed by atoms with Crippen LogP contribution in [0.4, 0.5) is 0 Å². The molecule has 0 aliphatic heterocycles.